The van der Waals surface area contributed by atoms with Gasteiger partial charge in [-0.25, -0.2) is 24.2 Å². The lowest BCUT2D eigenvalue weighted by Crippen LogP contribution is -2.57. The molecule has 7 amide bonds. The summed E-state index contributed by atoms with van der Waals surface area (Å²) in [4.78, 5) is 141. The van der Waals surface area contributed by atoms with Crippen LogP contribution in [0.5, 0.6) is 0 Å². The maximum absolute atomic E-state index is 13.8. The minimum Gasteiger partial charge on any atom is -0.481 e. The third kappa shape index (κ3) is 20.5. The SMILES string of the molecule is O=C(O)CCC(NC(=O)NC(CCCCNC(=O)C(Cc1ccc2ccccc2c1)NC(=O)C1CCC(CNC(=O)C(NC(=O)C(CCC(=O)O)NC(=O)c2ccc(N/N=C/I)nc2)C(=O)O)CC1)C(=O)O)C(=O)O. The van der Waals surface area contributed by atoms with Crippen molar-refractivity contribution >= 4 is 109 Å². The zero-order valence-corrected chi connectivity index (χ0v) is 42.4. The molecule has 27 heteroatoms. The molecule has 0 spiro atoms. The summed E-state index contributed by atoms with van der Waals surface area (Å²) in [6, 6.07) is 7.17. The first kappa shape index (κ1) is 59.6. The normalized spacial score (nSPS) is 16.1. The average molecular weight is 1160 g/mol. The number of rotatable bonds is 30. The Morgan fingerprint density at radius 2 is 1.28 bits per heavy atom. The van der Waals surface area contributed by atoms with Crippen molar-refractivity contribution in [2.45, 2.75) is 107 Å². The third-order valence-corrected chi connectivity index (χ3v) is 12.3. The van der Waals surface area contributed by atoms with Gasteiger partial charge in [0.2, 0.25) is 23.8 Å². The number of amides is 7. The molecule has 26 nitrogen and oxygen atoms in total. The number of nitrogens with one attached hydrogen (secondary N) is 8. The third-order valence-electron chi connectivity index (χ3n) is 12.1. The highest BCUT2D eigenvalue weighted by Gasteiger charge is 2.34. The van der Waals surface area contributed by atoms with Gasteiger partial charge in [0.25, 0.3) is 11.8 Å². The minimum absolute atomic E-state index is 0.00898. The molecule has 3 aromatic rings. The quantitative estimate of drug-likeness (QED) is 0.0148. The number of anilines is 1. The number of urea groups is 1. The second-order valence-corrected chi connectivity index (χ2v) is 18.1. The van der Waals surface area contributed by atoms with Crippen molar-refractivity contribution in [2.75, 3.05) is 18.5 Å². The first-order chi connectivity index (χ1) is 35.7. The van der Waals surface area contributed by atoms with Crippen LogP contribution in [0, 0.1) is 11.8 Å². The van der Waals surface area contributed by atoms with E-state index >= 15 is 0 Å². The molecule has 404 valence electrons. The van der Waals surface area contributed by atoms with Crippen LogP contribution < -0.4 is 42.6 Å². The van der Waals surface area contributed by atoms with E-state index in [0.29, 0.717) is 31.5 Å². The Kier molecular flexibility index (Phi) is 24.0. The number of carboxylic acid groups (broad SMARTS) is 5. The molecule has 1 aromatic heterocycles. The lowest BCUT2D eigenvalue weighted by Gasteiger charge is -2.29. The van der Waals surface area contributed by atoms with Gasteiger partial charge < -0.3 is 62.8 Å². The molecule has 0 bridgehead atoms. The molecular formula is C48H59IN10O16. The van der Waals surface area contributed by atoms with Gasteiger partial charge in [0.15, 0.2) is 0 Å². The Bertz CT molecular complexity index is 2580. The summed E-state index contributed by atoms with van der Waals surface area (Å²) in [5.74, 6) is -11.6. The summed E-state index contributed by atoms with van der Waals surface area (Å²) in [6.45, 7) is 0.0418. The molecule has 0 saturated heterocycles. The van der Waals surface area contributed by atoms with Crippen LogP contribution in [0.25, 0.3) is 10.8 Å². The number of benzene rings is 2. The van der Waals surface area contributed by atoms with E-state index in [1.165, 1.54) is 22.6 Å². The maximum Gasteiger partial charge on any atom is 0.336 e. The molecule has 2 aromatic carbocycles. The van der Waals surface area contributed by atoms with E-state index in [1.807, 2.05) is 65.1 Å². The van der Waals surface area contributed by atoms with E-state index in [0.717, 1.165) is 16.3 Å². The van der Waals surface area contributed by atoms with E-state index < -0.39 is 127 Å². The van der Waals surface area contributed by atoms with Crippen LogP contribution >= 0.6 is 22.6 Å². The van der Waals surface area contributed by atoms with Crippen molar-refractivity contribution in [1.82, 2.24) is 42.2 Å². The number of aliphatic carboxylic acids is 5. The highest BCUT2D eigenvalue weighted by atomic mass is 127. The van der Waals surface area contributed by atoms with E-state index in [-0.39, 0.29) is 50.3 Å². The summed E-state index contributed by atoms with van der Waals surface area (Å²) in [5.41, 5.74) is 3.35. The number of carbonyl (C=O) groups excluding carboxylic acids is 6. The van der Waals surface area contributed by atoms with Gasteiger partial charge in [0.1, 0.15) is 30.0 Å². The van der Waals surface area contributed by atoms with Crippen LogP contribution in [0.2, 0.25) is 0 Å². The first-order valence-electron chi connectivity index (χ1n) is 23.7. The predicted octanol–water partition coefficient (Wildman–Crippen LogP) is 1.56. The van der Waals surface area contributed by atoms with Gasteiger partial charge >= 0.3 is 35.9 Å². The summed E-state index contributed by atoms with van der Waals surface area (Å²) in [6.07, 6.45) is 1.16. The Balaban J connectivity index is 1.31. The number of aromatic nitrogens is 1. The number of carboxylic acids is 5. The molecule has 1 saturated carbocycles. The number of fused-ring (bicyclic) bond motifs is 1. The second-order valence-electron chi connectivity index (χ2n) is 17.5. The summed E-state index contributed by atoms with van der Waals surface area (Å²) in [5, 5.41) is 69.5. The van der Waals surface area contributed by atoms with E-state index in [9.17, 15) is 73.2 Å². The summed E-state index contributed by atoms with van der Waals surface area (Å²) < 4.78 is 1.44. The smallest absolute Gasteiger partial charge is 0.336 e. The first-order valence-corrected chi connectivity index (χ1v) is 25.0. The Labute approximate surface area is 442 Å². The molecule has 5 atom stereocenters. The number of hydrazone groups is 1. The number of hydrogen-bond donors (Lipinski definition) is 13. The largest absolute Gasteiger partial charge is 0.481 e. The zero-order chi connectivity index (χ0) is 55.0. The van der Waals surface area contributed by atoms with Crippen molar-refractivity contribution in [3.8, 4) is 0 Å². The highest BCUT2D eigenvalue weighted by molar-refractivity contribution is 14.1. The number of carbonyl (C=O) groups is 11. The lowest BCUT2D eigenvalue weighted by atomic mass is 9.81. The number of nitrogens with zero attached hydrogens (tertiary/aromatic N) is 2. The number of hydrogen-bond acceptors (Lipinski definition) is 14. The zero-order valence-electron chi connectivity index (χ0n) is 40.3. The molecule has 5 unspecified atom stereocenters. The fourth-order valence-corrected chi connectivity index (χ4v) is 8.11. The minimum atomic E-state index is -2.11. The van der Waals surface area contributed by atoms with Gasteiger partial charge in [-0.3, -0.25) is 39.0 Å². The molecule has 4 rings (SSSR count). The molecular weight excluding hydrogens is 1100 g/mol. The Morgan fingerprint density at radius 3 is 1.88 bits per heavy atom. The molecule has 1 aliphatic carbocycles. The van der Waals surface area contributed by atoms with Crippen LogP contribution in [0.15, 0.2) is 65.9 Å². The molecule has 0 radical (unpaired) electrons. The van der Waals surface area contributed by atoms with Gasteiger partial charge in [0, 0.05) is 44.5 Å². The van der Waals surface area contributed by atoms with E-state index in [4.69, 9.17) is 5.11 Å². The Hall–Kier alpha value is -7.98. The fourth-order valence-electron chi connectivity index (χ4n) is 7.97. The van der Waals surface area contributed by atoms with Crippen LogP contribution in [-0.2, 0) is 49.6 Å². The monoisotopic (exact) mass is 1160 g/mol. The highest BCUT2D eigenvalue weighted by Crippen LogP contribution is 2.29. The second kappa shape index (κ2) is 30.3. The van der Waals surface area contributed by atoms with Crippen LogP contribution in [0.3, 0.4) is 0 Å². The van der Waals surface area contributed by atoms with Crippen molar-refractivity contribution in [2.24, 2.45) is 16.9 Å². The van der Waals surface area contributed by atoms with Crippen LogP contribution in [0.4, 0.5) is 10.6 Å². The van der Waals surface area contributed by atoms with Gasteiger partial charge in [-0.2, -0.15) is 5.10 Å². The van der Waals surface area contributed by atoms with Crippen LogP contribution in [-0.4, -0.2) is 143 Å². The van der Waals surface area contributed by atoms with Crippen molar-refractivity contribution < 1.29 is 78.3 Å². The average Bonchev–Trinajstić information content (AvgIpc) is 3.37. The molecule has 1 fully saturated rings. The topological polar surface area (TPSA) is 410 Å². The van der Waals surface area contributed by atoms with Gasteiger partial charge in [-0.05, 0) is 115 Å². The molecule has 75 heavy (non-hydrogen) atoms. The van der Waals surface area contributed by atoms with Gasteiger partial charge in [-0.1, -0.05) is 42.5 Å². The number of unbranched alkanes of at least 4 members (excludes halogenated alkanes) is 1. The van der Waals surface area contributed by atoms with Gasteiger partial charge in [-0.15, -0.1) is 0 Å². The van der Waals surface area contributed by atoms with E-state index in [1.54, 1.807) is 0 Å². The molecule has 1 heterocycles. The lowest BCUT2D eigenvalue weighted by molar-refractivity contribution is -0.147. The fraction of sp³-hybridized carbons (Fsp3) is 0.438. The standard InChI is InChI=1S/C48H59IN10O16/c49-25-53-59-36-17-14-31(24-51-36)41(65)54-32(15-18-37(60)61)43(67)58-39(47(73)74)44(68)52-23-26-8-12-29(13-9-26)40(64)55-35(22-27-10-11-28-5-1-2-6-30(28)21-27)42(66)50-20-4-3-7-33(45(69)70)56-48(75)57-34(46(71)72)16-19-38(62)63/h1-2,5-6,10-11,14,17,21,24-26,29,32-35,39H,3-4,7-9,12-13,15-16,18-20,22-23H2,(H,50,66)(H,51,59)(H,52,68)(H,54,65)(H,55,64)(H,58,67)(H,60,61)(H,62,63)(H,69,70)(H,71,72)(H,73,74)(H2,56,57,75)/b53-25+. The number of pyridine rings is 1. The van der Waals surface area contributed by atoms with Crippen molar-refractivity contribution in [3.63, 3.8) is 0 Å². The van der Waals surface area contributed by atoms with E-state index in [2.05, 4.69) is 52.7 Å². The number of halogens is 1. The molecule has 13 N–H and O–H groups in total. The summed E-state index contributed by atoms with van der Waals surface area (Å²) >= 11 is 1.88. The predicted molar refractivity (Wildman–Crippen MR) is 274 cm³/mol. The molecule has 1 aliphatic rings. The maximum atomic E-state index is 13.8. The summed E-state index contributed by atoms with van der Waals surface area (Å²) in [7, 11) is 0. The van der Waals surface area contributed by atoms with Crippen molar-refractivity contribution in [1.29, 1.82) is 0 Å². The van der Waals surface area contributed by atoms with Gasteiger partial charge in [0.05, 0.1) is 9.78 Å². The van der Waals surface area contributed by atoms with Crippen LogP contribution in [0.1, 0.15) is 86.6 Å². The Morgan fingerprint density at radius 1 is 0.640 bits per heavy atom. The molecule has 0 aliphatic heterocycles. The van der Waals surface area contributed by atoms with Crippen molar-refractivity contribution in [3.05, 3.63) is 71.9 Å².